The first-order valence-corrected chi connectivity index (χ1v) is 9.54. The molecule has 1 saturated carbocycles. The van der Waals surface area contributed by atoms with Crippen molar-refractivity contribution >= 4 is 11.8 Å². The summed E-state index contributed by atoms with van der Waals surface area (Å²) < 4.78 is 5.74. The number of ketones is 1. The first-order valence-electron chi connectivity index (χ1n) is 9.54. The average molecular weight is 375 g/mol. The summed E-state index contributed by atoms with van der Waals surface area (Å²) in [5.41, 5.74) is -0.581. The second-order valence-electron chi connectivity index (χ2n) is 8.36. The van der Waals surface area contributed by atoms with E-state index in [0.29, 0.717) is 0 Å². The Balaban J connectivity index is 2.21. The molecule has 2 aromatic carbocycles. The van der Waals surface area contributed by atoms with Crippen LogP contribution in [0.4, 0.5) is 0 Å². The molecule has 0 heterocycles. The van der Waals surface area contributed by atoms with Crippen LogP contribution in [0.3, 0.4) is 0 Å². The van der Waals surface area contributed by atoms with E-state index in [4.69, 9.17) is 4.74 Å². The molecule has 0 amide bonds. The molecule has 0 saturated heterocycles. The molecule has 1 aliphatic rings. The van der Waals surface area contributed by atoms with Crippen LogP contribution < -0.4 is 0 Å². The second kappa shape index (κ2) is 7.59. The van der Waals surface area contributed by atoms with Crippen molar-refractivity contribution < 1.29 is 14.3 Å². The zero-order valence-electron chi connectivity index (χ0n) is 16.5. The van der Waals surface area contributed by atoms with E-state index in [2.05, 4.69) is 6.07 Å². The second-order valence-corrected chi connectivity index (χ2v) is 8.36. The van der Waals surface area contributed by atoms with Gasteiger partial charge in [0.15, 0.2) is 5.41 Å². The van der Waals surface area contributed by atoms with Gasteiger partial charge in [-0.25, -0.2) is 0 Å². The Hall–Kier alpha value is -2.93. The molecule has 4 nitrogen and oxygen atoms in total. The molecule has 0 N–H and O–H groups in total. The van der Waals surface area contributed by atoms with Crippen LogP contribution in [-0.2, 0) is 14.3 Å². The van der Waals surface area contributed by atoms with E-state index in [0.717, 1.165) is 11.1 Å². The molecule has 2 atom stereocenters. The largest absolute Gasteiger partial charge is 0.459 e. The van der Waals surface area contributed by atoms with Crippen LogP contribution in [0.5, 0.6) is 0 Å². The Morgan fingerprint density at radius 2 is 1.39 bits per heavy atom. The van der Waals surface area contributed by atoms with Gasteiger partial charge in [0.2, 0.25) is 0 Å². The maximum atomic E-state index is 13.5. The Morgan fingerprint density at radius 3 is 1.75 bits per heavy atom. The number of nitriles is 1. The van der Waals surface area contributed by atoms with Crippen LogP contribution in [-0.4, -0.2) is 17.4 Å². The normalized spacial score (nSPS) is 21.6. The fourth-order valence-electron chi connectivity index (χ4n) is 4.08. The zero-order chi connectivity index (χ0) is 20.4. The number of rotatable bonds is 3. The topological polar surface area (TPSA) is 67.2 Å². The van der Waals surface area contributed by atoms with E-state index in [-0.39, 0.29) is 18.6 Å². The molecule has 144 valence electrons. The summed E-state index contributed by atoms with van der Waals surface area (Å²) in [5.74, 6) is -1.62. The number of nitrogens with zero attached hydrogens (tertiary/aromatic N) is 1. The quantitative estimate of drug-likeness (QED) is 0.725. The molecule has 28 heavy (non-hydrogen) atoms. The molecule has 3 rings (SSSR count). The predicted molar refractivity (Wildman–Crippen MR) is 106 cm³/mol. The predicted octanol–water partition coefficient (Wildman–Crippen LogP) is 4.77. The highest BCUT2D eigenvalue weighted by Crippen LogP contribution is 2.54. The van der Waals surface area contributed by atoms with Crippen molar-refractivity contribution in [2.45, 2.75) is 51.0 Å². The van der Waals surface area contributed by atoms with E-state index < -0.39 is 28.8 Å². The van der Waals surface area contributed by atoms with Crippen molar-refractivity contribution in [1.29, 1.82) is 5.26 Å². The highest BCUT2D eigenvalue weighted by atomic mass is 16.6. The van der Waals surface area contributed by atoms with Crippen molar-refractivity contribution in [2.24, 2.45) is 5.41 Å². The van der Waals surface area contributed by atoms with E-state index in [1.54, 1.807) is 20.8 Å². The summed E-state index contributed by atoms with van der Waals surface area (Å²) in [7, 11) is 0. The monoisotopic (exact) mass is 375 g/mol. The SMILES string of the molecule is CC(C)(C)OC(=O)C1(C#N)[C@@H](c2ccccc2)CC(=O)C[C@@H]1c1ccccc1. The van der Waals surface area contributed by atoms with Gasteiger partial charge in [0.25, 0.3) is 0 Å². The molecule has 0 aliphatic heterocycles. The number of benzene rings is 2. The maximum absolute atomic E-state index is 13.5. The van der Waals surface area contributed by atoms with Gasteiger partial charge in [0, 0.05) is 24.7 Å². The third-order valence-electron chi connectivity index (χ3n) is 5.29. The highest BCUT2D eigenvalue weighted by molar-refractivity contribution is 5.90. The zero-order valence-corrected chi connectivity index (χ0v) is 16.5. The minimum atomic E-state index is -1.47. The van der Waals surface area contributed by atoms with Gasteiger partial charge in [0.05, 0.1) is 6.07 Å². The Bertz CT molecular complexity index is 839. The van der Waals surface area contributed by atoms with Gasteiger partial charge in [0.1, 0.15) is 11.4 Å². The summed E-state index contributed by atoms with van der Waals surface area (Å²) >= 11 is 0. The molecule has 0 bridgehead atoms. The van der Waals surface area contributed by atoms with Gasteiger partial charge in [-0.05, 0) is 31.9 Å². The maximum Gasteiger partial charge on any atom is 0.328 e. The molecule has 2 aromatic rings. The van der Waals surface area contributed by atoms with E-state index in [9.17, 15) is 14.9 Å². The minimum absolute atomic E-state index is 0.0529. The third-order valence-corrected chi connectivity index (χ3v) is 5.29. The number of Topliss-reactive ketones (excluding diaryl/α,β-unsaturated/α-hetero) is 1. The molecular formula is C24H25NO3. The molecule has 0 aromatic heterocycles. The first-order chi connectivity index (χ1) is 13.3. The lowest BCUT2D eigenvalue weighted by Gasteiger charge is -2.43. The Kier molecular flexibility index (Phi) is 5.38. The number of carbonyl (C=O) groups excluding carboxylic acids is 2. The lowest BCUT2D eigenvalue weighted by Crippen LogP contribution is -2.49. The summed E-state index contributed by atoms with van der Waals surface area (Å²) in [4.78, 5) is 26.2. The number of ether oxygens (including phenoxy) is 1. The van der Waals surface area contributed by atoms with Crippen LogP contribution in [0.25, 0.3) is 0 Å². The molecule has 0 spiro atoms. The molecular weight excluding hydrogens is 350 g/mol. The lowest BCUT2D eigenvalue weighted by atomic mass is 9.56. The van der Waals surface area contributed by atoms with Crippen molar-refractivity contribution in [3.63, 3.8) is 0 Å². The van der Waals surface area contributed by atoms with Crippen molar-refractivity contribution in [3.8, 4) is 6.07 Å². The van der Waals surface area contributed by atoms with Gasteiger partial charge in [-0.1, -0.05) is 60.7 Å². The van der Waals surface area contributed by atoms with Gasteiger partial charge < -0.3 is 4.74 Å². The average Bonchev–Trinajstić information content (AvgIpc) is 2.67. The fourth-order valence-corrected chi connectivity index (χ4v) is 4.08. The van der Waals surface area contributed by atoms with E-state index in [1.165, 1.54) is 0 Å². The minimum Gasteiger partial charge on any atom is -0.459 e. The van der Waals surface area contributed by atoms with Gasteiger partial charge in [-0.2, -0.15) is 5.26 Å². The highest BCUT2D eigenvalue weighted by Gasteiger charge is 2.58. The Labute approximate surface area is 166 Å². The van der Waals surface area contributed by atoms with Crippen LogP contribution in [0.2, 0.25) is 0 Å². The van der Waals surface area contributed by atoms with E-state index in [1.807, 2.05) is 60.7 Å². The van der Waals surface area contributed by atoms with Crippen LogP contribution >= 0.6 is 0 Å². The van der Waals surface area contributed by atoms with Crippen LogP contribution in [0.15, 0.2) is 60.7 Å². The number of carbonyl (C=O) groups is 2. The smallest absolute Gasteiger partial charge is 0.328 e. The van der Waals surface area contributed by atoms with Gasteiger partial charge >= 0.3 is 5.97 Å². The summed E-state index contributed by atoms with van der Waals surface area (Å²) in [5, 5.41) is 10.4. The first kappa shape index (κ1) is 19.8. The van der Waals surface area contributed by atoms with Crippen LogP contribution in [0, 0.1) is 16.7 Å². The van der Waals surface area contributed by atoms with Gasteiger partial charge in [-0.3, -0.25) is 9.59 Å². The Morgan fingerprint density at radius 1 is 0.964 bits per heavy atom. The standard InChI is InChI=1S/C24H25NO3/c1-23(2,3)28-22(27)24(16-25)20(17-10-6-4-7-11-17)14-19(26)15-21(24)18-12-8-5-9-13-18/h4-13,20-21H,14-15H2,1-3H3/t20-,21-/m1/s1. The summed E-state index contributed by atoms with van der Waals surface area (Å²) in [6, 6.07) is 21.1. The van der Waals surface area contributed by atoms with Crippen molar-refractivity contribution in [3.05, 3.63) is 71.8 Å². The summed E-state index contributed by atoms with van der Waals surface area (Å²) in [6.07, 6.45) is 0.306. The molecule has 0 unspecified atom stereocenters. The van der Waals surface area contributed by atoms with Gasteiger partial charge in [-0.15, -0.1) is 0 Å². The molecule has 1 fully saturated rings. The lowest BCUT2D eigenvalue weighted by molar-refractivity contribution is -0.168. The fraction of sp³-hybridized carbons (Fsp3) is 0.375. The number of esters is 1. The van der Waals surface area contributed by atoms with E-state index >= 15 is 0 Å². The van der Waals surface area contributed by atoms with Crippen molar-refractivity contribution in [1.82, 2.24) is 0 Å². The third kappa shape index (κ3) is 3.71. The molecule has 1 aliphatic carbocycles. The number of hydrogen-bond acceptors (Lipinski definition) is 4. The van der Waals surface area contributed by atoms with Crippen LogP contribution in [0.1, 0.15) is 56.6 Å². The van der Waals surface area contributed by atoms with Crippen molar-refractivity contribution in [2.75, 3.05) is 0 Å². The number of hydrogen-bond donors (Lipinski definition) is 0. The summed E-state index contributed by atoms with van der Waals surface area (Å²) in [6.45, 7) is 5.37. The molecule has 0 radical (unpaired) electrons. The molecule has 4 heteroatoms.